The van der Waals surface area contributed by atoms with E-state index < -0.39 is 0 Å². The molecule has 1 aromatic carbocycles. The summed E-state index contributed by atoms with van der Waals surface area (Å²) >= 11 is 0. The molecule has 2 saturated carbocycles. The monoisotopic (exact) mass is 329 g/mol. The minimum absolute atomic E-state index is 0.168. The molecule has 0 unspecified atom stereocenters. The molecule has 4 nitrogen and oxygen atoms in total. The van der Waals surface area contributed by atoms with Crippen LogP contribution in [0.4, 0.5) is 0 Å². The maximum absolute atomic E-state index is 5.68. The van der Waals surface area contributed by atoms with Crippen LogP contribution < -0.4 is 14.8 Å². The first-order valence-corrected chi connectivity index (χ1v) is 9.55. The van der Waals surface area contributed by atoms with Crippen LogP contribution in [0.3, 0.4) is 0 Å². The van der Waals surface area contributed by atoms with Gasteiger partial charge >= 0.3 is 0 Å². The zero-order valence-electron chi connectivity index (χ0n) is 14.3. The normalized spacial score (nSPS) is 25.2. The van der Waals surface area contributed by atoms with E-state index in [0.717, 1.165) is 62.0 Å². The van der Waals surface area contributed by atoms with Crippen molar-refractivity contribution in [2.45, 2.75) is 50.0 Å². The Morgan fingerprint density at radius 2 is 1.71 bits per heavy atom. The average Bonchev–Trinajstić information content (AvgIpc) is 3.55. The van der Waals surface area contributed by atoms with Gasteiger partial charge in [-0.25, -0.2) is 0 Å². The average molecular weight is 329 g/mol. The Hall–Kier alpha value is -1.26. The Labute approximate surface area is 143 Å². The summed E-state index contributed by atoms with van der Waals surface area (Å²) in [5.74, 6) is 3.65. The van der Waals surface area contributed by atoms with E-state index in [1.165, 1.54) is 31.2 Å². The summed E-state index contributed by atoms with van der Waals surface area (Å²) < 4.78 is 16.8. The standard InChI is InChI=1S/C20H27NO3/c1-2-14(1)19(15-3-4-15)21-12-20(7-9-22-10-8-20)16-5-6-17-18(11-16)24-13-23-17/h5-6,11,14-15,19,21H,1-4,7-10,12-13H2. The molecule has 0 amide bonds. The van der Waals surface area contributed by atoms with Gasteiger partial charge in [-0.3, -0.25) is 0 Å². The number of rotatable bonds is 6. The van der Waals surface area contributed by atoms with Crippen LogP contribution in [0.2, 0.25) is 0 Å². The van der Waals surface area contributed by atoms with Crippen molar-refractivity contribution in [3.05, 3.63) is 23.8 Å². The van der Waals surface area contributed by atoms with E-state index in [1.807, 2.05) is 0 Å². The van der Waals surface area contributed by atoms with E-state index in [-0.39, 0.29) is 5.41 Å². The Bertz CT molecular complexity index is 591. The van der Waals surface area contributed by atoms with E-state index in [9.17, 15) is 0 Å². The van der Waals surface area contributed by atoms with Crippen molar-refractivity contribution < 1.29 is 14.2 Å². The van der Waals surface area contributed by atoms with Crippen LogP contribution >= 0.6 is 0 Å². The van der Waals surface area contributed by atoms with Crippen LogP contribution in [0.25, 0.3) is 0 Å². The number of nitrogens with one attached hydrogen (secondary N) is 1. The van der Waals surface area contributed by atoms with Crippen molar-refractivity contribution in [3.8, 4) is 11.5 Å². The van der Waals surface area contributed by atoms with Crippen molar-refractivity contribution >= 4 is 0 Å². The fraction of sp³-hybridized carbons (Fsp3) is 0.700. The van der Waals surface area contributed by atoms with E-state index in [4.69, 9.17) is 14.2 Å². The molecule has 0 atom stereocenters. The van der Waals surface area contributed by atoms with Crippen molar-refractivity contribution in [2.24, 2.45) is 11.8 Å². The van der Waals surface area contributed by atoms with Gasteiger partial charge in [-0.05, 0) is 68.1 Å². The first kappa shape index (κ1) is 15.0. The van der Waals surface area contributed by atoms with Gasteiger partial charge in [0.1, 0.15) is 0 Å². The molecule has 2 aliphatic heterocycles. The van der Waals surface area contributed by atoms with Gasteiger partial charge in [0, 0.05) is 31.2 Å². The molecule has 24 heavy (non-hydrogen) atoms. The van der Waals surface area contributed by atoms with Crippen LogP contribution in [-0.2, 0) is 10.2 Å². The third-order valence-corrected chi connectivity index (χ3v) is 6.37. The predicted octanol–water partition coefficient (Wildman–Crippen LogP) is 3.24. The van der Waals surface area contributed by atoms with E-state index in [1.54, 1.807) is 0 Å². The molecule has 1 aromatic rings. The second kappa shape index (κ2) is 5.92. The molecule has 3 fully saturated rings. The molecule has 2 aliphatic carbocycles. The summed E-state index contributed by atoms with van der Waals surface area (Å²) in [5.41, 5.74) is 1.55. The van der Waals surface area contributed by atoms with E-state index >= 15 is 0 Å². The molecule has 0 spiro atoms. The van der Waals surface area contributed by atoms with E-state index in [2.05, 4.69) is 23.5 Å². The van der Waals surface area contributed by atoms with Gasteiger partial charge in [-0.15, -0.1) is 0 Å². The number of benzene rings is 1. The largest absolute Gasteiger partial charge is 0.454 e. The summed E-state index contributed by atoms with van der Waals surface area (Å²) in [5, 5.41) is 3.99. The van der Waals surface area contributed by atoms with Gasteiger partial charge in [0.05, 0.1) is 0 Å². The van der Waals surface area contributed by atoms with Gasteiger partial charge < -0.3 is 19.5 Å². The molecule has 0 bridgehead atoms. The fourth-order valence-corrected chi connectivity index (χ4v) is 4.50. The van der Waals surface area contributed by atoms with Gasteiger partial charge in [-0.1, -0.05) is 6.07 Å². The van der Waals surface area contributed by atoms with Crippen molar-refractivity contribution in [2.75, 3.05) is 26.6 Å². The highest BCUT2D eigenvalue weighted by atomic mass is 16.7. The van der Waals surface area contributed by atoms with Crippen LogP contribution in [0.1, 0.15) is 44.1 Å². The highest BCUT2D eigenvalue weighted by Gasteiger charge is 2.43. The number of hydrogen-bond acceptors (Lipinski definition) is 4. The van der Waals surface area contributed by atoms with Crippen LogP contribution in [0, 0.1) is 11.8 Å². The number of fused-ring (bicyclic) bond motifs is 1. The lowest BCUT2D eigenvalue weighted by Crippen LogP contribution is -2.47. The Morgan fingerprint density at radius 3 is 2.42 bits per heavy atom. The highest BCUT2D eigenvalue weighted by Crippen LogP contribution is 2.46. The summed E-state index contributed by atoms with van der Waals surface area (Å²) in [6.07, 6.45) is 7.87. The lowest BCUT2D eigenvalue weighted by molar-refractivity contribution is 0.0482. The third kappa shape index (κ3) is 2.80. The molecule has 1 N–H and O–H groups in total. The number of hydrogen-bond donors (Lipinski definition) is 1. The summed E-state index contributed by atoms with van der Waals surface area (Å²) in [7, 11) is 0. The van der Waals surface area contributed by atoms with Crippen molar-refractivity contribution in [1.82, 2.24) is 5.32 Å². The summed E-state index contributed by atoms with van der Waals surface area (Å²) in [6, 6.07) is 7.27. The minimum Gasteiger partial charge on any atom is -0.454 e. The maximum Gasteiger partial charge on any atom is 0.231 e. The topological polar surface area (TPSA) is 39.7 Å². The van der Waals surface area contributed by atoms with E-state index in [0.29, 0.717) is 6.79 Å². The molecule has 0 aromatic heterocycles. The van der Waals surface area contributed by atoms with Crippen molar-refractivity contribution in [3.63, 3.8) is 0 Å². The first-order valence-electron chi connectivity index (χ1n) is 9.55. The van der Waals surface area contributed by atoms with Crippen LogP contribution in [-0.4, -0.2) is 32.6 Å². The second-order valence-corrected chi connectivity index (χ2v) is 8.04. The minimum atomic E-state index is 0.168. The van der Waals surface area contributed by atoms with Crippen molar-refractivity contribution in [1.29, 1.82) is 0 Å². The fourth-order valence-electron chi connectivity index (χ4n) is 4.50. The molecule has 2 heterocycles. The predicted molar refractivity (Wildman–Crippen MR) is 91.5 cm³/mol. The summed E-state index contributed by atoms with van der Waals surface area (Å²) in [4.78, 5) is 0. The molecule has 0 radical (unpaired) electrons. The Kier molecular flexibility index (Phi) is 3.71. The van der Waals surface area contributed by atoms with Gasteiger partial charge in [0.15, 0.2) is 11.5 Å². The molecule has 5 rings (SSSR count). The lowest BCUT2D eigenvalue weighted by atomic mass is 9.73. The quantitative estimate of drug-likeness (QED) is 0.870. The molecule has 4 heteroatoms. The molecular formula is C20H27NO3. The Morgan fingerprint density at radius 1 is 1.00 bits per heavy atom. The SMILES string of the molecule is c1cc2c(cc1C1(CNC(C3CC3)C3CC3)CCOCC1)OCO2. The zero-order valence-corrected chi connectivity index (χ0v) is 14.3. The lowest BCUT2D eigenvalue weighted by Gasteiger charge is -2.39. The first-order chi connectivity index (χ1) is 11.8. The second-order valence-electron chi connectivity index (χ2n) is 8.04. The van der Waals surface area contributed by atoms with Gasteiger partial charge in [-0.2, -0.15) is 0 Å². The molecule has 130 valence electrons. The molecule has 4 aliphatic rings. The maximum atomic E-state index is 5.68. The third-order valence-electron chi connectivity index (χ3n) is 6.37. The van der Waals surface area contributed by atoms with Crippen LogP contribution in [0.5, 0.6) is 11.5 Å². The van der Waals surface area contributed by atoms with Gasteiger partial charge in [0.2, 0.25) is 6.79 Å². The summed E-state index contributed by atoms with van der Waals surface area (Å²) in [6.45, 7) is 3.12. The molecule has 1 saturated heterocycles. The highest BCUT2D eigenvalue weighted by molar-refractivity contribution is 5.47. The zero-order chi connectivity index (χ0) is 16.0. The number of ether oxygens (including phenoxy) is 3. The van der Waals surface area contributed by atoms with Crippen LogP contribution in [0.15, 0.2) is 18.2 Å². The Balaban J connectivity index is 1.38. The van der Waals surface area contributed by atoms with Gasteiger partial charge in [0.25, 0.3) is 0 Å². The smallest absolute Gasteiger partial charge is 0.231 e. The molecular weight excluding hydrogens is 302 g/mol.